The van der Waals surface area contributed by atoms with E-state index in [1.807, 2.05) is 25.1 Å². The highest BCUT2D eigenvalue weighted by Crippen LogP contribution is 2.18. The van der Waals surface area contributed by atoms with Crippen LogP contribution in [-0.2, 0) is 15.9 Å². The van der Waals surface area contributed by atoms with Crippen molar-refractivity contribution in [3.05, 3.63) is 34.3 Å². The lowest BCUT2D eigenvalue weighted by Crippen LogP contribution is -2.29. The summed E-state index contributed by atoms with van der Waals surface area (Å²) in [5.74, 6) is 0. The fourth-order valence-electron chi connectivity index (χ4n) is 1.54. The summed E-state index contributed by atoms with van der Waals surface area (Å²) in [5.41, 5.74) is 8.20. The third-order valence-corrected chi connectivity index (χ3v) is 2.81. The minimum atomic E-state index is -0.0351. The van der Waals surface area contributed by atoms with Crippen LogP contribution in [0.25, 0.3) is 0 Å². The van der Waals surface area contributed by atoms with Crippen LogP contribution < -0.4 is 5.73 Å². The highest BCUT2D eigenvalue weighted by atomic mass is 35.5. The van der Waals surface area contributed by atoms with Crippen molar-refractivity contribution in [2.75, 3.05) is 26.9 Å². The van der Waals surface area contributed by atoms with Crippen LogP contribution in [0.2, 0.25) is 5.02 Å². The molecule has 0 aromatic heterocycles. The molecule has 1 atom stereocenters. The number of nitrogens with two attached hydrogens (primary N) is 1. The Hall–Kier alpha value is -0.610. The van der Waals surface area contributed by atoms with Crippen molar-refractivity contribution >= 4 is 11.6 Å². The lowest BCUT2D eigenvalue weighted by molar-refractivity contribution is 0.0637. The molecule has 0 amide bonds. The summed E-state index contributed by atoms with van der Waals surface area (Å²) in [6.07, 6.45) is 0.728. The van der Waals surface area contributed by atoms with E-state index in [4.69, 9.17) is 26.8 Å². The monoisotopic (exact) mass is 257 g/mol. The average molecular weight is 258 g/mol. The highest BCUT2D eigenvalue weighted by molar-refractivity contribution is 6.31. The molecule has 96 valence electrons. The summed E-state index contributed by atoms with van der Waals surface area (Å²) in [5, 5.41) is 0.775. The summed E-state index contributed by atoms with van der Waals surface area (Å²) >= 11 is 6.14. The quantitative estimate of drug-likeness (QED) is 0.762. The second kappa shape index (κ2) is 7.67. The number of benzene rings is 1. The van der Waals surface area contributed by atoms with E-state index in [0.29, 0.717) is 19.8 Å². The second-order valence-corrected chi connectivity index (χ2v) is 4.53. The van der Waals surface area contributed by atoms with Crippen LogP contribution in [-0.4, -0.2) is 33.0 Å². The van der Waals surface area contributed by atoms with Crippen molar-refractivity contribution in [1.29, 1.82) is 0 Å². The molecule has 2 N–H and O–H groups in total. The molecule has 1 unspecified atom stereocenters. The third kappa shape index (κ3) is 5.50. The fraction of sp³-hybridized carbons (Fsp3) is 0.538. The van der Waals surface area contributed by atoms with Crippen LogP contribution in [0.15, 0.2) is 18.2 Å². The van der Waals surface area contributed by atoms with E-state index in [1.54, 1.807) is 7.11 Å². The molecule has 4 heteroatoms. The summed E-state index contributed by atoms with van der Waals surface area (Å²) in [4.78, 5) is 0. The van der Waals surface area contributed by atoms with Gasteiger partial charge in [-0.05, 0) is 30.5 Å². The second-order valence-electron chi connectivity index (χ2n) is 4.13. The van der Waals surface area contributed by atoms with Crippen LogP contribution in [0.1, 0.15) is 11.1 Å². The van der Waals surface area contributed by atoms with Gasteiger partial charge in [0.1, 0.15) is 0 Å². The molecule has 0 radical (unpaired) electrons. The number of methoxy groups -OCH3 is 1. The van der Waals surface area contributed by atoms with Gasteiger partial charge in [-0.25, -0.2) is 0 Å². The molecule has 1 aromatic carbocycles. The van der Waals surface area contributed by atoms with Crippen LogP contribution >= 0.6 is 11.6 Å². The Morgan fingerprint density at radius 2 is 2.12 bits per heavy atom. The molecular weight excluding hydrogens is 238 g/mol. The van der Waals surface area contributed by atoms with Gasteiger partial charge in [-0.2, -0.15) is 0 Å². The summed E-state index contributed by atoms with van der Waals surface area (Å²) in [6, 6.07) is 5.98. The molecule has 0 aliphatic carbocycles. The first-order valence-corrected chi connectivity index (χ1v) is 6.08. The fourth-order valence-corrected chi connectivity index (χ4v) is 1.85. The number of hydrogen-bond acceptors (Lipinski definition) is 3. The van der Waals surface area contributed by atoms with Crippen LogP contribution in [0.4, 0.5) is 0 Å². The van der Waals surface area contributed by atoms with Gasteiger partial charge < -0.3 is 15.2 Å². The molecule has 0 bridgehead atoms. The summed E-state index contributed by atoms with van der Waals surface area (Å²) in [7, 11) is 1.65. The van der Waals surface area contributed by atoms with Crippen molar-refractivity contribution < 1.29 is 9.47 Å². The molecule has 1 rings (SSSR count). The van der Waals surface area contributed by atoms with Crippen molar-refractivity contribution in [2.24, 2.45) is 5.73 Å². The summed E-state index contributed by atoms with van der Waals surface area (Å²) in [6.45, 7) is 3.71. The largest absolute Gasteiger partial charge is 0.382 e. The van der Waals surface area contributed by atoms with Crippen molar-refractivity contribution in [3.8, 4) is 0 Å². The van der Waals surface area contributed by atoms with E-state index >= 15 is 0 Å². The number of rotatable bonds is 7. The average Bonchev–Trinajstić information content (AvgIpc) is 2.28. The maximum atomic E-state index is 6.14. The Morgan fingerprint density at radius 3 is 2.76 bits per heavy atom. The minimum Gasteiger partial charge on any atom is -0.382 e. The first-order valence-electron chi connectivity index (χ1n) is 5.70. The SMILES string of the molecule is COCCOCC(N)Cc1ccc(C)cc1Cl. The Kier molecular flexibility index (Phi) is 6.52. The standard InChI is InChI=1S/C13H20ClNO2/c1-10-3-4-11(13(14)7-10)8-12(15)9-17-6-5-16-2/h3-4,7,12H,5-6,8-9,15H2,1-2H3. The molecule has 17 heavy (non-hydrogen) atoms. The predicted octanol–water partition coefficient (Wildman–Crippen LogP) is 2.18. The van der Waals surface area contributed by atoms with Crippen molar-refractivity contribution in [2.45, 2.75) is 19.4 Å². The molecule has 1 aromatic rings. The van der Waals surface area contributed by atoms with Gasteiger partial charge in [0.2, 0.25) is 0 Å². The number of halogens is 1. The zero-order valence-corrected chi connectivity index (χ0v) is 11.2. The lowest BCUT2D eigenvalue weighted by Gasteiger charge is -2.13. The molecule has 3 nitrogen and oxygen atoms in total. The Balaban J connectivity index is 2.37. The lowest BCUT2D eigenvalue weighted by atomic mass is 10.1. The van der Waals surface area contributed by atoms with Gasteiger partial charge in [0, 0.05) is 18.2 Å². The van der Waals surface area contributed by atoms with Gasteiger partial charge in [-0.15, -0.1) is 0 Å². The first-order chi connectivity index (χ1) is 8.13. The molecule has 0 saturated carbocycles. The smallest absolute Gasteiger partial charge is 0.0701 e. The van der Waals surface area contributed by atoms with Gasteiger partial charge in [0.15, 0.2) is 0 Å². The van der Waals surface area contributed by atoms with E-state index in [1.165, 1.54) is 0 Å². The normalized spacial score (nSPS) is 12.7. The van der Waals surface area contributed by atoms with Crippen molar-refractivity contribution in [3.63, 3.8) is 0 Å². The molecule has 0 saturated heterocycles. The summed E-state index contributed by atoms with van der Waals surface area (Å²) < 4.78 is 10.3. The van der Waals surface area contributed by atoms with Gasteiger partial charge >= 0.3 is 0 Å². The minimum absolute atomic E-state index is 0.0351. The molecule has 0 heterocycles. The van der Waals surface area contributed by atoms with Crippen LogP contribution in [0, 0.1) is 6.92 Å². The van der Waals surface area contributed by atoms with Gasteiger partial charge in [-0.3, -0.25) is 0 Å². The predicted molar refractivity (Wildman–Crippen MR) is 70.6 cm³/mol. The third-order valence-electron chi connectivity index (χ3n) is 2.45. The topological polar surface area (TPSA) is 44.5 Å². The Bertz CT molecular complexity index is 344. The number of hydrogen-bond donors (Lipinski definition) is 1. The van der Waals surface area contributed by atoms with Gasteiger partial charge in [-0.1, -0.05) is 23.7 Å². The highest BCUT2D eigenvalue weighted by Gasteiger charge is 2.07. The maximum absolute atomic E-state index is 6.14. The van der Waals surface area contributed by atoms with Gasteiger partial charge in [0.25, 0.3) is 0 Å². The molecule has 0 aliphatic heterocycles. The van der Waals surface area contributed by atoms with E-state index in [0.717, 1.165) is 22.6 Å². The Labute approximate surface area is 108 Å². The molecular formula is C13H20ClNO2. The molecule has 0 aliphatic rings. The van der Waals surface area contributed by atoms with E-state index in [-0.39, 0.29) is 6.04 Å². The van der Waals surface area contributed by atoms with Crippen LogP contribution in [0.3, 0.4) is 0 Å². The van der Waals surface area contributed by atoms with Gasteiger partial charge in [0.05, 0.1) is 19.8 Å². The maximum Gasteiger partial charge on any atom is 0.0701 e. The number of aryl methyl sites for hydroxylation is 1. The van der Waals surface area contributed by atoms with E-state index in [9.17, 15) is 0 Å². The molecule has 0 fully saturated rings. The zero-order chi connectivity index (χ0) is 12.7. The van der Waals surface area contributed by atoms with E-state index in [2.05, 4.69) is 0 Å². The van der Waals surface area contributed by atoms with Crippen LogP contribution in [0.5, 0.6) is 0 Å². The van der Waals surface area contributed by atoms with Crippen molar-refractivity contribution in [1.82, 2.24) is 0 Å². The molecule has 0 spiro atoms. The zero-order valence-electron chi connectivity index (χ0n) is 10.4. The number of ether oxygens (including phenoxy) is 2. The first kappa shape index (κ1) is 14.5. The van der Waals surface area contributed by atoms with E-state index < -0.39 is 0 Å². The Morgan fingerprint density at radius 1 is 1.35 bits per heavy atom.